The molecule has 0 bridgehead atoms. The Kier molecular flexibility index (Phi) is 6.78. The lowest BCUT2D eigenvalue weighted by atomic mass is 10.0. The van der Waals surface area contributed by atoms with E-state index >= 15 is 0 Å². The van der Waals surface area contributed by atoms with Crippen molar-refractivity contribution in [1.82, 2.24) is 15.2 Å². The number of nitrogens with one attached hydrogen (secondary N) is 2. The van der Waals surface area contributed by atoms with Gasteiger partial charge in [0.05, 0.1) is 13.3 Å². The van der Waals surface area contributed by atoms with Crippen molar-refractivity contribution in [3.05, 3.63) is 65.4 Å². The van der Waals surface area contributed by atoms with Crippen molar-refractivity contribution in [2.75, 3.05) is 24.3 Å². The van der Waals surface area contributed by atoms with Gasteiger partial charge in [0.2, 0.25) is 5.95 Å². The van der Waals surface area contributed by atoms with Gasteiger partial charge >= 0.3 is 0 Å². The highest BCUT2D eigenvalue weighted by molar-refractivity contribution is 5.65. The molecule has 1 heterocycles. The van der Waals surface area contributed by atoms with Crippen LogP contribution in [0.25, 0.3) is 0 Å². The van der Waals surface area contributed by atoms with Crippen LogP contribution in [-0.4, -0.2) is 28.8 Å². The van der Waals surface area contributed by atoms with Crippen molar-refractivity contribution in [2.24, 2.45) is 0 Å². The molecule has 2 N–H and O–H groups in total. The maximum atomic E-state index is 5.19. The average molecular weight is 377 g/mol. The van der Waals surface area contributed by atoms with Gasteiger partial charge in [0, 0.05) is 12.2 Å². The summed E-state index contributed by atoms with van der Waals surface area (Å²) in [6.07, 6.45) is 4.44. The molecule has 0 atom stereocenters. The first-order chi connectivity index (χ1) is 13.7. The summed E-state index contributed by atoms with van der Waals surface area (Å²) in [7, 11) is 1.67. The predicted octanol–water partition coefficient (Wildman–Crippen LogP) is 4.40. The molecule has 0 spiro atoms. The molecule has 28 heavy (non-hydrogen) atoms. The quantitative estimate of drug-likeness (QED) is 0.576. The average Bonchev–Trinajstić information content (AvgIpc) is 2.74. The number of rotatable bonds is 9. The van der Waals surface area contributed by atoms with Gasteiger partial charge in [-0.2, -0.15) is 10.1 Å². The van der Waals surface area contributed by atoms with Gasteiger partial charge < -0.3 is 15.4 Å². The Morgan fingerprint density at radius 2 is 1.68 bits per heavy atom. The van der Waals surface area contributed by atoms with Crippen molar-refractivity contribution in [3.63, 3.8) is 0 Å². The number of ether oxygens (including phenoxy) is 1. The van der Waals surface area contributed by atoms with Crippen LogP contribution in [0.5, 0.6) is 5.75 Å². The molecular formula is C22H27N5O. The molecule has 2 aromatic carbocycles. The minimum absolute atomic E-state index is 0.519. The summed E-state index contributed by atoms with van der Waals surface area (Å²) in [5.74, 6) is 2.07. The zero-order chi connectivity index (χ0) is 19.8. The van der Waals surface area contributed by atoms with Crippen molar-refractivity contribution in [2.45, 2.75) is 33.1 Å². The fourth-order valence-electron chi connectivity index (χ4n) is 3.08. The summed E-state index contributed by atoms with van der Waals surface area (Å²) in [6, 6.07) is 14.4. The Bertz CT molecular complexity index is 873. The molecule has 0 amide bonds. The summed E-state index contributed by atoms with van der Waals surface area (Å²) in [4.78, 5) is 4.56. The van der Waals surface area contributed by atoms with Gasteiger partial charge in [-0.05, 0) is 48.1 Å². The van der Waals surface area contributed by atoms with E-state index in [4.69, 9.17) is 4.74 Å². The molecule has 0 aliphatic carbocycles. The highest BCUT2D eigenvalue weighted by Gasteiger charge is 2.08. The van der Waals surface area contributed by atoms with E-state index in [0.717, 1.165) is 37.2 Å². The van der Waals surface area contributed by atoms with E-state index < -0.39 is 0 Å². The van der Waals surface area contributed by atoms with E-state index in [1.807, 2.05) is 12.1 Å². The van der Waals surface area contributed by atoms with Crippen LogP contribution in [0.15, 0.2) is 48.7 Å². The first-order valence-electron chi connectivity index (χ1n) is 9.67. The molecule has 0 aliphatic rings. The molecule has 146 valence electrons. The van der Waals surface area contributed by atoms with E-state index in [9.17, 15) is 0 Å². The van der Waals surface area contributed by atoms with E-state index in [1.165, 1.54) is 16.7 Å². The molecule has 6 heteroatoms. The minimum Gasteiger partial charge on any atom is -0.497 e. The monoisotopic (exact) mass is 377 g/mol. The van der Waals surface area contributed by atoms with Gasteiger partial charge in [-0.15, -0.1) is 5.10 Å². The molecule has 6 nitrogen and oxygen atoms in total. The van der Waals surface area contributed by atoms with Crippen LogP contribution in [0, 0.1) is 0 Å². The summed E-state index contributed by atoms with van der Waals surface area (Å²) < 4.78 is 5.19. The Morgan fingerprint density at radius 3 is 2.32 bits per heavy atom. The smallest absolute Gasteiger partial charge is 0.244 e. The fourth-order valence-corrected chi connectivity index (χ4v) is 3.08. The summed E-state index contributed by atoms with van der Waals surface area (Å²) in [5.41, 5.74) is 4.89. The molecule has 3 rings (SSSR count). The van der Waals surface area contributed by atoms with Crippen molar-refractivity contribution < 1.29 is 4.74 Å². The van der Waals surface area contributed by atoms with Crippen LogP contribution in [0.1, 0.15) is 30.5 Å². The Balaban J connectivity index is 1.64. The van der Waals surface area contributed by atoms with Crippen molar-refractivity contribution >= 4 is 17.5 Å². The lowest BCUT2D eigenvalue weighted by Gasteiger charge is -2.15. The normalized spacial score (nSPS) is 10.5. The lowest BCUT2D eigenvalue weighted by molar-refractivity contribution is 0.414. The van der Waals surface area contributed by atoms with E-state index in [2.05, 4.69) is 70.0 Å². The van der Waals surface area contributed by atoms with Crippen molar-refractivity contribution in [3.8, 4) is 5.75 Å². The number of para-hydroxylation sites is 1. The van der Waals surface area contributed by atoms with Crippen molar-refractivity contribution in [1.29, 1.82) is 0 Å². The van der Waals surface area contributed by atoms with Gasteiger partial charge in [-0.1, -0.05) is 44.2 Å². The highest BCUT2D eigenvalue weighted by Crippen LogP contribution is 2.25. The summed E-state index contributed by atoms with van der Waals surface area (Å²) in [6.45, 7) is 5.04. The summed E-state index contributed by atoms with van der Waals surface area (Å²) in [5, 5.41) is 14.9. The Labute approximate surface area is 166 Å². The van der Waals surface area contributed by atoms with Crippen LogP contribution >= 0.6 is 0 Å². The molecule has 0 unspecified atom stereocenters. The molecule has 0 saturated heterocycles. The Morgan fingerprint density at radius 1 is 0.964 bits per heavy atom. The summed E-state index contributed by atoms with van der Waals surface area (Å²) >= 11 is 0. The van der Waals surface area contributed by atoms with Gasteiger partial charge in [-0.3, -0.25) is 0 Å². The second kappa shape index (κ2) is 9.69. The largest absolute Gasteiger partial charge is 0.497 e. The molecule has 0 radical (unpaired) electrons. The first kappa shape index (κ1) is 19.6. The van der Waals surface area contributed by atoms with Gasteiger partial charge in [0.1, 0.15) is 5.75 Å². The van der Waals surface area contributed by atoms with Crippen LogP contribution in [0.3, 0.4) is 0 Å². The second-order valence-electron chi connectivity index (χ2n) is 6.47. The van der Waals surface area contributed by atoms with E-state index in [1.54, 1.807) is 13.3 Å². The van der Waals surface area contributed by atoms with Crippen LogP contribution in [0.4, 0.5) is 17.5 Å². The number of anilines is 3. The van der Waals surface area contributed by atoms with Crippen LogP contribution in [0.2, 0.25) is 0 Å². The van der Waals surface area contributed by atoms with Gasteiger partial charge in [0.25, 0.3) is 0 Å². The maximum absolute atomic E-state index is 5.19. The first-order valence-corrected chi connectivity index (χ1v) is 9.67. The van der Waals surface area contributed by atoms with E-state index in [-0.39, 0.29) is 0 Å². The lowest BCUT2D eigenvalue weighted by Crippen LogP contribution is -2.10. The van der Waals surface area contributed by atoms with Crippen LogP contribution in [-0.2, 0) is 19.3 Å². The topological polar surface area (TPSA) is 72.0 Å². The number of nitrogens with zero attached hydrogens (tertiary/aromatic N) is 3. The number of benzene rings is 2. The van der Waals surface area contributed by atoms with Gasteiger partial charge in [-0.25, -0.2) is 0 Å². The molecule has 3 aromatic rings. The van der Waals surface area contributed by atoms with Crippen LogP contribution < -0.4 is 15.4 Å². The highest BCUT2D eigenvalue weighted by atomic mass is 16.5. The Hall–Kier alpha value is -3.15. The number of aryl methyl sites for hydroxylation is 2. The third-order valence-corrected chi connectivity index (χ3v) is 4.67. The molecular weight excluding hydrogens is 350 g/mol. The third-order valence-electron chi connectivity index (χ3n) is 4.67. The standard InChI is InChI=1S/C22H27N5O/c1-4-17-7-6-8-18(5-2)21(17)25-20-15-24-27-22(26-20)23-14-13-16-9-11-19(28-3)12-10-16/h6-12,15H,4-5,13-14H2,1-3H3,(H2,23,25,26,27). The number of methoxy groups -OCH3 is 1. The number of hydrogen-bond donors (Lipinski definition) is 2. The fraction of sp³-hybridized carbons (Fsp3) is 0.318. The predicted molar refractivity (Wildman–Crippen MR) is 113 cm³/mol. The molecule has 1 aromatic heterocycles. The molecule has 0 aliphatic heterocycles. The molecule has 0 saturated carbocycles. The SMILES string of the molecule is CCc1cccc(CC)c1Nc1cnnc(NCCc2ccc(OC)cc2)n1. The van der Waals surface area contributed by atoms with E-state index in [0.29, 0.717) is 11.8 Å². The third kappa shape index (κ3) is 4.97. The maximum Gasteiger partial charge on any atom is 0.244 e. The number of hydrogen-bond acceptors (Lipinski definition) is 6. The van der Waals surface area contributed by atoms with Gasteiger partial charge in [0.15, 0.2) is 5.82 Å². The minimum atomic E-state index is 0.519. The number of aromatic nitrogens is 3. The second-order valence-corrected chi connectivity index (χ2v) is 6.47. The zero-order valence-corrected chi connectivity index (χ0v) is 16.7. The zero-order valence-electron chi connectivity index (χ0n) is 16.7. The molecule has 0 fully saturated rings.